The van der Waals surface area contributed by atoms with Crippen molar-refractivity contribution in [3.05, 3.63) is 58.6 Å². The van der Waals surface area contributed by atoms with Gasteiger partial charge in [-0.3, -0.25) is 4.79 Å². The number of aliphatic hydroxyl groups excluding tert-OH is 1. The van der Waals surface area contributed by atoms with E-state index in [-0.39, 0.29) is 16.7 Å². The molecule has 0 bridgehead atoms. The molecule has 3 atom stereocenters. The second-order valence-electron chi connectivity index (χ2n) is 10.3. The van der Waals surface area contributed by atoms with Gasteiger partial charge < -0.3 is 21.1 Å². The first-order chi connectivity index (χ1) is 16.5. The predicted molar refractivity (Wildman–Crippen MR) is 145 cm³/mol. The number of pyridine rings is 1. The minimum atomic E-state index is -0.671. The lowest BCUT2D eigenvalue weighted by Gasteiger charge is -2.34. The van der Waals surface area contributed by atoms with E-state index in [0.717, 1.165) is 29.7 Å². The first kappa shape index (κ1) is 26.5. The third-order valence-corrected chi connectivity index (χ3v) is 7.57. The average molecular weight is 480 g/mol. The smallest absolute Gasteiger partial charge is 0.276 e. The Morgan fingerprint density at radius 2 is 1.74 bits per heavy atom. The third kappa shape index (κ3) is 5.30. The number of hydrogen-bond donors (Lipinski definition) is 3. The van der Waals surface area contributed by atoms with E-state index in [2.05, 4.69) is 32.8 Å². The minimum absolute atomic E-state index is 0.0578. The highest BCUT2D eigenvalue weighted by Crippen LogP contribution is 2.36. The SMILES string of the molecule is CCCC(C)(C)C(C)CC(O)C(C)n1ccc(-n2nc(CC)c(-c3ccccc3)c2N)c(N)c1=O. The summed E-state index contributed by atoms with van der Waals surface area (Å²) in [6, 6.07) is 11.2. The molecule has 0 spiro atoms. The molecule has 0 radical (unpaired) electrons. The third-order valence-electron chi connectivity index (χ3n) is 7.57. The topological polar surface area (TPSA) is 112 Å². The van der Waals surface area contributed by atoms with Gasteiger partial charge in [0.15, 0.2) is 0 Å². The van der Waals surface area contributed by atoms with Gasteiger partial charge in [-0.1, -0.05) is 71.4 Å². The molecule has 7 nitrogen and oxygen atoms in total. The van der Waals surface area contributed by atoms with Gasteiger partial charge in [-0.05, 0) is 49.1 Å². The van der Waals surface area contributed by atoms with E-state index >= 15 is 0 Å². The van der Waals surface area contributed by atoms with Crippen molar-refractivity contribution in [3.63, 3.8) is 0 Å². The molecule has 0 aliphatic heterocycles. The van der Waals surface area contributed by atoms with Crippen LogP contribution >= 0.6 is 0 Å². The van der Waals surface area contributed by atoms with Crippen LogP contribution in [-0.4, -0.2) is 25.6 Å². The van der Waals surface area contributed by atoms with Crippen LogP contribution in [0, 0.1) is 11.3 Å². The Morgan fingerprint density at radius 1 is 1.09 bits per heavy atom. The van der Waals surface area contributed by atoms with Gasteiger partial charge in [0, 0.05) is 11.8 Å². The van der Waals surface area contributed by atoms with Gasteiger partial charge in [0.2, 0.25) is 0 Å². The molecule has 0 aliphatic carbocycles. The molecular formula is C28H41N5O2. The lowest BCUT2D eigenvalue weighted by Crippen LogP contribution is -2.35. The summed E-state index contributed by atoms with van der Waals surface area (Å²) in [5.74, 6) is 0.747. The van der Waals surface area contributed by atoms with Crippen molar-refractivity contribution in [2.45, 2.75) is 79.4 Å². The van der Waals surface area contributed by atoms with E-state index in [9.17, 15) is 9.90 Å². The molecule has 2 heterocycles. The van der Waals surface area contributed by atoms with Crippen molar-refractivity contribution in [2.75, 3.05) is 11.5 Å². The van der Waals surface area contributed by atoms with E-state index in [4.69, 9.17) is 11.5 Å². The van der Waals surface area contributed by atoms with Crippen LogP contribution < -0.4 is 17.0 Å². The van der Waals surface area contributed by atoms with Crippen molar-refractivity contribution in [2.24, 2.45) is 11.3 Å². The number of nitrogen functional groups attached to an aromatic ring is 2. The summed E-state index contributed by atoms with van der Waals surface area (Å²) in [5.41, 5.74) is 15.8. The van der Waals surface area contributed by atoms with E-state index in [1.165, 1.54) is 4.57 Å². The van der Waals surface area contributed by atoms with Crippen LogP contribution in [0.15, 0.2) is 47.4 Å². The number of rotatable bonds is 10. The summed E-state index contributed by atoms with van der Waals surface area (Å²) in [6.45, 7) is 12.7. The molecule has 1 aromatic carbocycles. The number of anilines is 2. The van der Waals surface area contributed by atoms with Gasteiger partial charge in [0.05, 0.1) is 23.5 Å². The number of hydrogen-bond acceptors (Lipinski definition) is 5. The van der Waals surface area contributed by atoms with Crippen molar-refractivity contribution in [3.8, 4) is 16.8 Å². The first-order valence-corrected chi connectivity index (χ1v) is 12.6. The largest absolute Gasteiger partial charge is 0.392 e. The van der Waals surface area contributed by atoms with Crippen LogP contribution in [-0.2, 0) is 6.42 Å². The number of aryl methyl sites for hydroxylation is 1. The molecule has 7 heteroatoms. The zero-order chi connectivity index (χ0) is 25.9. The minimum Gasteiger partial charge on any atom is -0.392 e. The van der Waals surface area contributed by atoms with Crippen molar-refractivity contribution < 1.29 is 5.11 Å². The molecule has 0 fully saturated rings. The van der Waals surface area contributed by atoms with Crippen molar-refractivity contribution in [1.29, 1.82) is 0 Å². The zero-order valence-corrected chi connectivity index (χ0v) is 22.0. The van der Waals surface area contributed by atoms with Crippen LogP contribution in [0.3, 0.4) is 0 Å². The van der Waals surface area contributed by atoms with Gasteiger partial charge >= 0.3 is 0 Å². The fourth-order valence-corrected chi connectivity index (χ4v) is 4.85. The molecule has 0 amide bonds. The Labute approximate surface area is 208 Å². The maximum Gasteiger partial charge on any atom is 0.276 e. The summed E-state index contributed by atoms with van der Waals surface area (Å²) >= 11 is 0. The number of benzene rings is 1. The second-order valence-corrected chi connectivity index (χ2v) is 10.3. The molecule has 35 heavy (non-hydrogen) atoms. The van der Waals surface area contributed by atoms with Gasteiger partial charge in [-0.15, -0.1) is 0 Å². The van der Waals surface area contributed by atoms with Crippen LogP contribution in [0.5, 0.6) is 0 Å². The fourth-order valence-electron chi connectivity index (χ4n) is 4.85. The van der Waals surface area contributed by atoms with E-state index in [1.54, 1.807) is 16.9 Å². The van der Waals surface area contributed by atoms with Gasteiger partial charge in [0.25, 0.3) is 5.56 Å². The fraction of sp³-hybridized carbons (Fsp3) is 0.500. The molecule has 0 saturated carbocycles. The molecule has 3 aromatic rings. The van der Waals surface area contributed by atoms with E-state index < -0.39 is 12.1 Å². The highest BCUT2D eigenvalue weighted by Gasteiger charge is 2.30. The normalized spacial score (nSPS) is 14.6. The molecule has 0 aliphatic rings. The van der Waals surface area contributed by atoms with Crippen molar-refractivity contribution in [1.82, 2.24) is 14.3 Å². The van der Waals surface area contributed by atoms with Crippen LogP contribution in [0.2, 0.25) is 0 Å². The molecule has 3 unspecified atom stereocenters. The lowest BCUT2D eigenvalue weighted by molar-refractivity contribution is 0.0632. The maximum atomic E-state index is 13.3. The van der Waals surface area contributed by atoms with Gasteiger partial charge in [0.1, 0.15) is 11.5 Å². The monoisotopic (exact) mass is 479 g/mol. The Bertz CT molecular complexity index is 1200. The van der Waals surface area contributed by atoms with Gasteiger partial charge in [-0.2, -0.15) is 5.10 Å². The quantitative estimate of drug-likeness (QED) is 0.370. The summed E-state index contributed by atoms with van der Waals surface area (Å²) < 4.78 is 3.07. The molecule has 3 rings (SSSR count). The Balaban J connectivity index is 1.94. The summed E-state index contributed by atoms with van der Waals surface area (Å²) in [6.07, 6.45) is 4.49. The standard InChI is InChI=1S/C28H41N5O2/c1-7-15-28(5,6)18(3)17-23(34)19(4)32-16-14-22(25(29)27(32)35)33-26(30)24(21(8-2)31-33)20-12-10-9-11-13-20/h9-14,16,18-19,23,34H,7-8,15,17,29-30H2,1-6H3. The van der Waals surface area contributed by atoms with Gasteiger partial charge in [-0.25, -0.2) is 4.68 Å². The van der Waals surface area contributed by atoms with Crippen LogP contribution in [0.1, 0.15) is 72.5 Å². The molecule has 190 valence electrons. The van der Waals surface area contributed by atoms with E-state index in [1.807, 2.05) is 44.2 Å². The molecular weight excluding hydrogens is 438 g/mol. The zero-order valence-electron chi connectivity index (χ0n) is 22.0. The number of aromatic nitrogens is 3. The average Bonchev–Trinajstić information content (AvgIpc) is 3.16. The van der Waals surface area contributed by atoms with Crippen LogP contribution in [0.25, 0.3) is 16.8 Å². The predicted octanol–water partition coefficient (Wildman–Crippen LogP) is 5.20. The summed E-state index contributed by atoms with van der Waals surface area (Å²) in [5, 5.41) is 15.7. The number of aliphatic hydroxyl groups is 1. The molecule has 0 saturated heterocycles. The highest BCUT2D eigenvalue weighted by molar-refractivity contribution is 5.78. The Hall–Kier alpha value is -3.06. The maximum absolute atomic E-state index is 13.3. The molecule has 5 N–H and O–H groups in total. The number of nitrogens with two attached hydrogens (primary N) is 2. The summed E-state index contributed by atoms with van der Waals surface area (Å²) in [4.78, 5) is 13.3. The van der Waals surface area contributed by atoms with E-state index in [0.29, 0.717) is 30.3 Å². The second kappa shape index (κ2) is 10.7. The lowest BCUT2D eigenvalue weighted by atomic mass is 9.73. The Kier molecular flexibility index (Phi) is 8.11. The van der Waals surface area contributed by atoms with Crippen molar-refractivity contribution >= 4 is 11.5 Å². The highest BCUT2D eigenvalue weighted by atomic mass is 16.3. The number of nitrogens with zero attached hydrogens (tertiary/aromatic N) is 3. The summed E-state index contributed by atoms with van der Waals surface area (Å²) in [7, 11) is 0. The molecule has 2 aromatic heterocycles. The first-order valence-electron chi connectivity index (χ1n) is 12.6. The Morgan fingerprint density at radius 3 is 2.34 bits per heavy atom. The van der Waals surface area contributed by atoms with Crippen LogP contribution in [0.4, 0.5) is 11.5 Å².